The van der Waals surface area contributed by atoms with Crippen LogP contribution in [0.15, 0.2) is 47.1 Å². The van der Waals surface area contributed by atoms with E-state index >= 15 is 0 Å². The van der Waals surface area contributed by atoms with Crippen LogP contribution >= 0.6 is 0 Å². The minimum absolute atomic E-state index is 0.0946. The van der Waals surface area contributed by atoms with Gasteiger partial charge in [-0.1, -0.05) is 18.2 Å². The smallest absolute Gasteiger partial charge is 0.290 e. The van der Waals surface area contributed by atoms with Crippen molar-refractivity contribution in [2.24, 2.45) is 0 Å². The summed E-state index contributed by atoms with van der Waals surface area (Å²) in [6.45, 7) is 5.07. The first-order valence-electron chi connectivity index (χ1n) is 10.8. The van der Waals surface area contributed by atoms with E-state index in [0.29, 0.717) is 19.5 Å². The first-order valence-corrected chi connectivity index (χ1v) is 10.8. The molecular formula is C23H30N4O3. The highest BCUT2D eigenvalue weighted by Crippen LogP contribution is 2.23. The van der Waals surface area contributed by atoms with Crippen molar-refractivity contribution in [3.05, 3.63) is 54.0 Å². The van der Waals surface area contributed by atoms with Crippen molar-refractivity contribution in [1.82, 2.24) is 15.1 Å². The summed E-state index contributed by atoms with van der Waals surface area (Å²) in [5.74, 6) is -0.0180. The summed E-state index contributed by atoms with van der Waals surface area (Å²) >= 11 is 0. The van der Waals surface area contributed by atoms with E-state index in [2.05, 4.69) is 34.3 Å². The number of nitrogens with one attached hydrogen (secondary N) is 1. The summed E-state index contributed by atoms with van der Waals surface area (Å²) in [6.07, 6.45) is 4.01. The third-order valence-corrected chi connectivity index (χ3v) is 6.09. The molecule has 0 spiro atoms. The molecule has 1 atom stereocenters. The van der Waals surface area contributed by atoms with E-state index in [9.17, 15) is 9.59 Å². The van der Waals surface area contributed by atoms with Crippen LogP contribution in [0, 0.1) is 0 Å². The second-order valence-electron chi connectivity index (χ2n) is 8.12. The minimum Gasteiger partial charge on any atom is -0.459 e. The van der Waals surface area contributed by atoms with Gasteiger partial charge in [-0.3, -0.25) is 9.59 Å². The predicted octanol–water partition coefficient (Wildman–Crippen LogP) is 2.34. The average Bonchev–Trinajstić information content (AvgIpc) is 3.33. The van der Waals surface area contributed by atoms with Gasteiger partial charge in [0.2, 0.25) is 5.91 Å². The Morgan fingerprint density at radius 2 is 1.83 bits per heavy atom. The molecule has 2 aromatic rings. The third-order valence-electron chi connectivity index (χ3n) is 6.09. The molecule has 0 bridgehead atoms. The molecule has 0 saturated carbocycles. The summed E-state index contributed by atoms with van der Waals surface area (Å²) < 4.78 is 5.26. The number of carbonyl (C=O) groups is 2. The van der Waals surface area contributed by atoms with E-state index in [4.69, 9.17) is 4.42 Å². The fourth-order valence-corrected chi connectivity index (χ4v) is 4.31. The van der Waals surface area contributed by atoms with E-state index in [1.165, 1.54) is 12.0 Å². The topological polar surface area (TPSA) is 69.0 Å². The quantitative estimate of drug-likeness (QED) is 0.820. The van der Waals surface area contributed by atoms with Crippen LogP contribution in [-0.2, 0) is 11.3 Å². The van der Waals surface area contributed by atoms with E-state index in [0.717, 1.165) is 44.6 Å². The van der Waals surface area contributed by atoms with Crippen LogP contribution in [0.25, 0.3) is 0 Å². The van der Waals surface area contributed by atoms with Crippen LogP contribution in [0.4, 0.5) is 5.69 Å². The summed E-state index contributed by atoms with van der Waals surface area (Å²) in [6, 6.07) is 11.1. The molecule has 1 N–H and O–H groups in total. The highest BCUT2D eigenvalue weighted by Gasteiger charge is 2.33. The van der Waals surface area contributed by atoms with Gasteiger partial charge in [0.05, 0.1) is 6.26 Å². The van der Waals surface area contributed by atoms with Crippen molar-refractivity contribution in [2.45, 2.75) is 31.8 Å². The molecule has 0 aliphatic carbocycles. The maximum atomic E-state index is 13.0. The Morgan fingerprint density at radius 1 is 1.03 bits per heavy atom. The zero-order valence-corrected chi connectivity index (χ0v) is 17.5. The maximum Gasteiger partial charge on any atom is 0.290 e. The highest BCUT2D eigenvalue weighted by atomic mass is 16.3. The second-order valence-corrected chi connectivity index (χ2v) is 8.12. The molecule has 0 radical (unpaired) electrons. The number of piperazine rings is 1. The number of rotatable bonds is 5. The van der Waals surface area contributed by atoms with Crippen LogP contribution in [0.5, 0.6) is 0 Å². The summed E-state index contributed by atoms with van der Waals surface area (Å²) in [5.41, 5.74) is 2.29. The molecule has 1 aromatic carbocycles. The van der Waals surface area contributed by atoms with E-state index < -0.39 is 6.04 Å². The molecule has 7 nitrogen and oxygen atoms in total. The molecule has 2 amide bonds. The van der Waals surface area contributed by atoms with Gasteiger partial charge in [0.1, 0.15) is 6.04 Å². The lowest BCUT2D eigenvalue weighted by Crippen LogP contribution is -2.51. The van der Waals surface area contributed by atoms with Gasteiger partial charge >= 0.3 is 0 Å². The number of amides is 2. The van der Waals surface area contributed by atoms with E-state index in [1.54, 1.807) is 17.0 Å². The Kier molecular flexibility index (Phi) is 6.38. The molecule has 2 fully saturated rings. The number of anilines is 1. The van der Waals surface area contributed by atoms with Crippen molar-refractivity contribution < 1.29 is 14.0 Å². The van der Waals surface area contributed by atoms with Gasteiger partial charge < -0.3 is 24.4 Å². The minimum atomic E-state index is -0.452. The SMILES string of the molecule is CN1CCN(c2ccccc2CNC(=O)C2CCCCN2C(=O)c2ccco2)CC1. The number of piperidine rings is 1. The molecule has 1 aromatic heterocycles. The lowest BCUT2D eigenvalue weighted by atomic mass is 10.0. The molecule has 4 rings (SSSR count). The first-order chi connectivity index (χ1) is 14.6. The lowest BCUT2D eigenvalue weighted by Gasteiger charge is -2.36. The highest BCUT2D eigenvalue weighted by molar-refractivity contribution is 5.95. The van der Waals surface area contributed by atoms with Crippen molar-refractivity contribution in [1.29, 1.82) is 0 Å². The number of benzene rings is 1. The number of hydrogen-bond donors (Lipinski definition) is 1. The van der Waals surface area contributed by atoms with E-state index in [-0.39, 0.29) is 17.6 Å². The normalized spacial score (nSPS) is 20.2. The van der Waals surface area contributed by atoms with Gasteiger partial charge in [0, 0.05) is 45.0 Å². The molecule has 160 valence electrons. The Morgan fingerprint density at radius 3 is 2.60 bits per heavy atom. The largest absolute Gasteiger partial charge is 0.459 e. The standard InChI is InChI=1S/C23H30N4O3/c1-25-12-14-26(15-13-25)19-8-3-2-7-18(19)17-24-22(28)20-9-4-5-11-27(20)23(29)21-10-6-16-30-21/h2-3,6-8,10,16,20H,4-5,9,11-15,17H2,1H3,(H,24,28). The fraction of sp³-hybridized carbons (Fsp3) is 0.478. The molecule has 2 saturated heterocycles. The Hall–Kier alpha value is -2.80. The van der Waals surface area contributed by atoms with Gasteiger partial charge in [-0.25, -0.2) is 0 Å². The van der Waals surface area contributed by atoms with Crippen molar-refractivity contribution in [3.63, 3.8) is 0 Å². The van der Waals surface area contributed by atoms with Crippen LogP contribution in [0.2, 0.25) is 0 Å². The van der Waals surface area contributed by atoms with Crippen molar-refractivity contribution >= 4 is 17.5 Å². The monoisotopic (exact) mass is 410 g/mol. The average molecular weight is 411 g/mol. The summed E-state index contributed by atoms with van der Waals surface area (Å²) in [5, 5.41) is 3.09. The number of furan rings is 1. The number of likely N-dealkylation sites (tertiary alicyclic amines) is 1. The second kappa shape index (κ2) is 9.34. The zero-order valence-electron chi connectivity index (χ0n) is 17.5. The van der Waals surface area contributed by atoms with Crippen LogP contribution in [-0.4, -0.2) is 67.4 Å². The number of carbonyl (C=O) groups excluding carboxylic acids is 2. The van der Waals surface area contributed by atoms with Crippen LogP contribution in [0.3, 0.4) is 0 Å². The predicted molar refractivity (Wildman–Crippen MR) is 115 cm³/mol. The number of hydrogen-bond acceptors (Lipinski definition) is 5. The molecule has 7 heteroatoms. The Labute approximate surface area is 177 Å². The van der Waals surface area contributed by atoms with Crippen molar-refractivity contribution in [3.8, 4) is 0 Å². The number of likely N-dealkylation sites (N-methyl/N-ethyl adjacent to an activating group) is 1. The van der Waals surface area contributed by atoms with Crippen molar-refractivity contribution in [2.75, 3.05) is 44.7 Å². The molecule has 2 aliphatic heterocycles. The number of nitrogens with zero attached hydrogens (tertiary/aromatic N) is 3. The van der Waals surface area contributed by atoms with Gasteiger partial charge in [-0.2, -0.15) is 0 Å². The van der Waals surface area contributed by atoms with E-state index in [1.807, 2.05) is 12.1 Å². The summed E-state index contributed by atoms with van der Waals surface area (Å²) in [7, 11) is 2.14. The lowest BCUT2D eigenvalue weighted by molar-refractivity contribution is -0.126. The van der Waals surface area contributed by atoms with Gasteiger partial charge in [-0.15, -0.1) is 0 Å². The number of para-hydroxylation sites is 1. The zero-order chi connectivity index (χ0) is 20.9. The third kappa shape index (κ3) is 4.51. The maximum absolute atomic E-state index is 13.0. The molecule has 30 heavy (non-hydrogen) atoms. The summed E-state index contributed by atoms with van der Waals surface area (Å²) in [4.78, 5) is 32.2. The van der Waals surface area contributed by atoms with Gasteiger partial charge in [0.15, 0.2) is 5.76 Å². The molecule has 2 aliphatic rings. The van der Waals surface area contributed by atoms with Gasteiger partial charge in [0.25, 0.3) is 5.91 Å². The van der Waals surface area contributed by atoms with Crippen LogP contribution < -0.4 is 10.2 Å². The molecular weight excluding hydrogens is 380 g/mol. The Balaban J connectivity index is 1.42. The molecule has 3 heterocycles. The Bertz CT molecular complexity index is 859. The fourth-order valence-electron chi connectivity index (χ4n) is 4.31. The van der Waals surface area contributed by atoms with Crippen LogP contribution in [0.1, 0.15) is 35.4 Å². The first kappa shape index (κ1) is 20.5. The van der Waals surface area contributed by atoms with Gasteiger partial charge in [-0.05, 0) is 50.1 Å². The molecule has 1 unspecified atom stereocenters.